The highest BCUT2D eigenvalue weighted by Gasteiger charge is 2.33. The molecule has 2 amide bonds. The van der Waals surface area contributed by atoms with Gasteiger partial charge in [-0.2, -0.15) is 13.2 Å². The van der Waals surface area contributed by atoms with E-state index in [2.05, 4.69) is 10.6 Å². The second-order valence-electron chi connectivity index (χ2n) is 7.20. The monoisotopic (exact) mass is 506 g/mol. The van der Waals surface area contributed by atoms with Gasteiger partial charge in [0.1, 0.15) is 0 Å². The minimum absolute atomic E-state index is 0.0107. The van der Waals surface area contributed by atoms with E-state index in [0.717, 1.165) is 17.7 Å². The van der Waals surface area contributed by atoms with Gasteiger partial charge in [-0.3, -0.25) is 14.5 Å². The number of alkyl halides is 3. The van der Waals surface area contributed by atoms with Gasteiger partial charge in [0.25, 0.3) is 0 Å². The molecule has 2 aromatic carbocycles. The zero-order valence-electron chi connectivity index (χ0n) is 17.4. The highest BCUT2D eigenvalue weighted by atomic mass is 35.5. The van der Waals surface area contributed by atoms with Crippen LogP contribution in [0.5, 0.6) is 0 Å². The fraction of sp³-hybridized carbons (Fsp3) is 0.300. The molecule has 0 atom stereocenters. The Hall–Kier alpha value is -2.67. The predicted octanol–water partition coefficient (Wildman–Crippen LogP) is 2.24. The van der Waals surface area contributed by atoms with Crippen molar-refractivity contribution in [2.24, 2.45) is 5.14 Å². The molecule has 0 unspecified atom stereocenters. The first-order valence-corrected chi connectivity index (χ1v) is 11.4. The molecular formula is C20H22ClF3N4O4S. The number of nitrogens with zero attached hydrogens (tertiary/aromatic N) is 1. The van der Waals surface area contributed by atoms with Crippen molar-refractivity contribution in [3.05, 3.63) is 58.6 Å². The summed E-state index contributed by atoms with van der Waals surface area (Å²) in [6.07, 6.45) is -4.21. The van der Waals surface area contributed by atoms with Crippen molar-refractivity contribution in [1.82, 2.24) is 10.2 Å². The van der Waals surface area contributed by atoms with Gasteiger partial charge < -0.3 is 10.6 Å². The summed E-state index contributed by atoms with van der Waals surface area (Å²) in [5.41, 5.74) is -0.339. The lowest BCUT2D eigenvalue weighted by atomic mass is 10.1. The summed E-state index contributed by atoms with van der Waals surface area (Å²) in [6, 6.07) is 8.95. The van der Waals surface area contributed by atoms with Crippen LogP contribution in [0.3, 0.4) is 0 Å². The van der Waals surface area contributed by atoms with Gasteiger partial charge in [0.2, 0.25) is 21.8 Å². The third-order valence-corrected chi connectivity index (χ3v) is 5.63. The van der Waals surface area contributed by atoms with Crippen molar-refractivity contribution < 1.29 is 31.2 Å². The zero-order chi connectivity index (χ0) is 24.8. The number of primary sulfonamides is 1. The molecule has 0 aromatic heterocycles. The van der Waals surface area contributed by atoms with E-state index >= 15 is 0 Å². The van der Waals surface area contributed by atoms with Crippen molar-refractivity contribution in [2.75, 3.05) is 32.0 Å². The molecule has 13 heteroatoms. The van der Waals surface area contributed by atoms with Crippen molar-refractivity contribution in [3.63, 3.8) is 0 Å². The Bertz CT molecular complexity index is 1110. The number of amides is 2. The maximum atomic E-state index is 12.9. The number of halogens is 4. The van der Waals surface area contributed by atoms with Gasteiger partial charge in [0, 0.05) is 12.2 Å². The van der Waals surface area contributed by atoms with E-state index < -0.39 is 32.7 Å². The third-order valence-electron chi connectivity index (χ3n) is 4.37. The van der Waals surface area contributed by atoms with Crippen LogP contribution < -0.4 is 15.8 Å². The van der Waals surface area contributed by atoms with E-state index in [0.29, 0.717) is 6.42 Å². The number of carbonyl (C=O) groups excluding carboxylic acids is 2. The number of anilines is 1. The van der Waals surface area contributed by atoms with Gasteiger partial charge in [-0.1, -0.05) is 23.7 Å². The SMILES string of the molecule is CN(CC(=O)NCCc1ccc(S(N)(=O)=O)cc1)CC(=O)Nc1ccc(Cl)c(C(F)(F)F)c1. The molecule has 0 spiro atoms. The Morgan fingerprint density at radius 2 is 1.67 bits per heavy atom. The van der Waals surface area contributed by atoms with E-state index in [4.69, 9.17) is 16.7 Å². The lowest BCUT2D eigenvalue weighted by molar-refractivity contribution is -0.137. The van der Waals surface area contributed by atoms with E-state index in [1.165, 1.54) is 30.1 Å². The number of nitrogens with two attached hydrogens (primary N) is 1. The summed E-state index contributed by atoms with van der Waals surface area (Å²) < 4.78 is 61.2. The standard InChI is InChI=1S/C20H22ClF3N4O4S/c1-28(12-19(30)27-14-4-7-17(21)16(10-14)20(22,23)24)11-18(29)26-9-8-13-2-5-15(6-3-13)33(25,31)32/h2-7,10H,8-9,11-12H2,1H3,(H,26,29)(H,27,30)(H2,25,31,32). The maximum absolute atomic E-state index is 12.9. The Labute approximate surface area is 193 Å². The van der Waals surface area contributed by atoms with Gasteiger partial charge in [0.05, 0.1) is 28.6 Å². The minimum atomic E-state index is -4.66. The molecule has 4 N–H and O–H groups in total. The van der Waals surface area contributed by atoms with Gasteiger partial charge in [-0.15, -0.1) is 0 Å². The average molecular weight is 507 g/mol. The van der Waals surface area contributed by atoms with Crippen LogP contribution in [0.4, 0.5) is 18.9 Å². The highest BCUT2D eigenvalue weighted by Crippen LogP contribution is 2.36. The van der Waals surface area contributed by atoms with Gasteiger partial charge in [0.15, 0.2) is 0 Å². The lowest BCUT2D eigenvalue weighted by Gasteiger charge is -2.17. The fourth-order valence-electron chi connectivity index (χ4n) is 2.81. The van der Waals surface area contributed by atoms with Gasteiger partial charge >= 0.3 is 6.18 Å². The van der Waals surface area contributed by atoms with Gasteiger partial charge in [-0.25, -0.2) is 13.6 Å². The smallest absolute Gasteiger partial charge is 0.355 e. The number of carbonyl (C=O) groups is 2. The van der Waals surface area contributed by atoms with Crippen LogP contribution in [0.1, 0.15) is 11.1 Å². The number of benzene rings is 2. The molecule has 0 saturated carbocycles. The summed E-state index contributed by atoms with van der Waals surface area (Å²) in [5, 5.41) is 9.56. The molecule has 2 rings (SSSR count). The molecule has 33 heavy (non-hydrogen) atoms. The summed E-state index contributed by atoms with van der Waals surface area (Å²) >= 11 is 5.55. The van der Waals surface area contributed by atoms with Crippen molar-refractivity contribution in [1.29, 1.82) is 0 Å². The van der Waals surface area contributed by atoms with E-state index in [1.807, 2.05) is 0 Å². The second-order valence-corrected chi connectivity index (χ2v) is 9.17. The molecule has 0 bridgehead atoms. The first-order valence-electron chi connectivity index (χ1n) is 9.49. The number of sulfonamides is 1. The molecular weight excluding hydrogens is 485 g/mol. The lowest BCUT2D eigenvalue weighted by Crippen LogP contribution is -2.39. The molecule has 0 fully saturated rings. The molecule has 0 aliphatic rings. The molecule has 2 aromatic rings. The highest BCUT2D eigenvalue weighted by molar-refractivity contribution is 7.89. The topological polar surface area (TPSA) is 122 Å². The molecule has 8 nitrogen and oxygen atoms in total. The molecule has 0 radical (unpaired) electrons. The normalized spacial score (nSPS) is 12.0. The first-order chi connectivity index (χ1) is 15.3. The number of nitrogens with one attached hydrogen (secondary N) is 2. The maximum Gasteiger partial charge on any atom is 0.417 e. The van der Waals surface area contributed by atoms with Crippen LogP contribution in [-0.4, -0.2) is 51.8 Å². The largest absolute Gasteiger partial charge is 0.417 e. The molecule has 0 saturated heterocycles. The Morgan fingerprint density at radius 3 is 2.24 bits per heavy atom. The summed E-state index contributed by atoms with van der Waals surface area (Å²) in [6.45, 7) is -0.0722. The van der Waals surface area contributed by atoms with Crippen molar-refractivity contribution in [3.8, 4) is 0 Å². The van der Waals surface area contributed by atoms with Crippen molar-refractivity contribution in [2.45, 2.75) is 17.5 Å². The van der Waals surface area contributed by atoms with Gasteiger partial charge in [-0.05, 0) is 49.4 Å². The summed E-state index contributed by atoms with van der Waals surface area (Å²) in [5.74, 6) is -0.965. The second kappa shape index (κ2) is 11.0. The quantitative estimate of drug-likeness (QED) is 0.481. The van der Waals surface area contributed by atoms with Crippen LogP contribution in [0.15, 0.2) is 47.4 Å². The van der Waals surface area contributed by atoms with Crippen LogP contribution in [0, 0.1) is 0 Å². The average Bonchev–Trinajstić information content (AvgIpc) is 2.68. The molecule has 180 valence electrons. The predicted molar refractivity (Wildman–Crippen MR) is 117 cm³/mol. The third kappa shape index (κ3) is 8.65. The van der Waals surface area contributed by atoms with Crippen LogP contribution in [0.2, 0.25) is 5.02 Å². The number of rotatable bonds is 9. The molecule has 0 aliphatic heterocycles. The Kier molecular flexibility index (Phi) is 8.83. The number of hydrogen-bond donors (Lipinski definition) is 3. The van der Waals surface area contributed by atoms with Crippen LogP contribution in [0.25, 0.3) is 0 Å². The van der Waals surface area contributed by atoms with E-state index in [9.17, 15) is 31.2 Å². The zero-order valence-corrected chi connectivity index (χ0v) is 19.0. The molecule has 0 heterocycles. The number of likely N-dealkylation sites (N-methyl/N-ethyl adjacent to an activating group) is 1. The van der Waals surface area contributed by atoms with Crippen molar-refractivity contribution >= 4 is 39.1 Å². The van der Waals surface area contributed by atoms with E-state index in [1.54, 1.807) is 12.1 Å². The minimum Gasteiger partial charge on any atom is -0.355 e. The first kappa shape index (κ1) is 26.6. The summed E-state index contributed by atoms with van der Waals surface area (Å²) in [7, 11) is -2.26. The van der Waals surface area contributed by atoms with Crippen LogP contribution >= 0.6 is 11.6 Å². The Morgan fingerprint density at radius 1 is 1.06 bits per heavy atom. The Balaban J connectivity index is 1.78. The molecule has 0 aliphatic carbocycles. The summed E-state index contributed by atoms with van der Waals surface area (Å²) in [4.78, 5) is 25.5. The van der Waals surface area contributed by atoms with E-state index in [-0.39, 0.29) is 36.1 Å². The van der Waals surface area contributed by atoms with Crippen LogP contribution in [-0.2, 0) is 32.2 Å². The number of hydrogen-bond acceptors (Lipinski definition) is 5. The fourth-order valence-corrected chi connectivity index (χ4v) is 3.56.